The largest absolute Gasteiger partial charge is 0.350 e. The maximum atomic E-state index is 13.6. The lowest BCUT2D eigenvalue weighted by Crippen LogP contribution is -2.49. The lowest BCUT2D eigenvalue weighted by atomic mass is 9.97. The van der Waals surface area contributed by atoms with Gasteiger partial charge in [0.2, 0.25) is 5.91 Å². The smallest absolute Gasteiger partial charge is 0.255 e. The first kappa shape index (κ1) is 19.9. The molecule has 2 atom stereocenters. The van der Waals surface area contributed by atoms with Crippen molar-refractivity contribution >= 4 is 22.7 Å². The van der Waals surface area contributed by atoms with Gasteiger partial charge in [-0.15, -0.1) is 0 Å². The number of benzene rings is 2. The van der Waals surface area contributed by atoms with Crippen molar-refractivity contribution in [2.75, 3.05) is 13.1 Å². The van der Waals surface area contributed by atoms with Crippen molar-refractivity contribution in [3.05, 3.63) is 71.4 Å². The van der Waals surface area contributed by atoms with Gasteiger partial charge in [-0.25, -0.2) is 0 Å². The van der Waals surface area contributed by atoms with E-state index in [2.05, 4.69) is 22.9 Å². The lowest BCUT2D eigenvalue weighted by Gasteiger charge is -2.34. The summed E-state index contributed by atoms with van der Waals surface area (Å²) >= 11 is 0. The standard InChI is InChI=1S/C26H29N3O2/c1-18(25(30)28-15-9-3-4-10-16-28)29-24(20-12-5-6-13-21(20)26(29)31)22-17-27(2)23-14-8-7-11-19(22)23/h5-8,11-14,17-18,24H,3-4,9-10,15-16H2,1-2H3/t18-,24-/m0/s1. The minimum absolute atomic E-state index is 0.0517. The summed E-state index contributed by atoms with van der Waals surface area (Å²) in [5, 5.41) is 1.12. The van der Waals surface area contributed by atoms with Gasteiger partial charge in [0.1, 0.15) is 6.04 Å². The minimum Gasteiger partial charge on any atom is -0.350 e. The molecule has 0 N–H and O–H groups in total. The maximum Gasteiger partial charge on any atom is 0.255 e. The zero-order valence-electron chi connectivity index (χ0n) is 18.3. The van der Waals surface area contributed by atoms with Crippen LogP contribution >= 0.6 is 0 Å². The van der Waals surface area contributed by atoms with Crippen molar-refractivity contribution in [3.8, 4) is 0 Å². The lowest BCUT2D eigenvalue weighted by molar-refractivity contribution is -0.135. The number of hydrogen-bond acceptors (Lipinski definition) is 2. The third-order valence-electron chi connectivity index (χ3n) is 6.91. The Morgan fingerprint density at radius 3 is 2.39 bits per heavy atom. The van der Waals surface area contributed by atoms with Crippen LogP contribution in [0, 0.1) is 0 Å². The fraction of sp³-hybridized carbons (Fsp3) is 0.385. The fourth-order valence-corrected chi connectivity index (χ4v) is 5.32. The molecule has 31 heavy (non-hydrogen) atoms. The van der Waals surface area contributed by atoms with Crippen LogP contribution in [0.3, 0.4) is 0 Å². The summed E-state index contributed by atoms with van der Waals surface area (Å²) < 4.78 is 2.11. The van der Waals surface area contributed by atoms with Crippen LogP contribution in [-0.2, 0) is 11.8 Å². The van der Waals surface area contributed by atoms with E-state index in [-0.39, 0.29) is 17.9 Å². The van der Waals surface area contributed by atoms with Gasteiger partial charge in [-0.3, -0.25) is 9.59 Å². The number of para-hydroxylation sites is 1. The highest BCUT2D eigenvalue weighted by Crippen LogP contribution is 2.43. The molecule has 0 radical (unpaired) electrons. The summed E-state index contributed by atoms with van der Waals surface area (Å²) in [6.45, 7) is 3.48. The van der Waals surface area contributed by atoms with Gasteiger partial charge < -0.3 is 14.4 Å². The average Bonchev–Trinajstić information content (AvgIpc) is 3.12. The summed E-state index contributed by atoms with van der Waals surface area (Å²) in [5.74, 6) is 0.0116. The molecule has 3 aromatic rings. The van der Waals surface area contributed by atoms with E-state index in [9.17, 15) is 9.59 Å². The monoisotopic (exact) mass is 415 g/mol. The Balaban J connectivity index is 1.60. The SMILES string of the molecule is C[C@@H](C(=O)N1CCCCCC1)N1C(=O)c2ccccc2[C@H]1c1cn(C)c2ccccc12. The van der Waals surface area contributed by atoms with Gasteiger partial charge in [-0.2, -0.15) is 0 Å². The molecule has 0 unspecified atom stereocenters. The van der Waals surface area contributed by atoms with Crippen LogP contribution in [0.2, 0.25) is 0 Å². The van der Waals surface area contributed by atoms with Crippen LogP contribution in [-0.4, -0.2) is 45.3 Å². The summed E-state index contributed by atoms with van der Waals surface area (Å²) in [5.41, 5.74) is 3.89. The normalized spacial score (nSPS) is 20.1. The maximum absolute atomic E-state index is 13.6. The third kappa shape index (κ3) is 3.23. The van der Waals surface area contributed by atoms with Crippen LogP contribution in [0.15, 0.2) is 54.7 Å². The van der Waals surface area contributed by atoms with Crippen LogP contribution in [0.5, 0.6) is 0 Å². The van der Waals surface area contributed by atoms with E-state index in [0.29, 0.717) is 5.56 Å². The van der Waals surface area contributed by atoms with Crippen molar-refractivity contribution in [2.24, 2.45) is 7.05 Å². The number of fused-ring (bicyclic) bond motifs is 2. The number of carbonyl (C=O) groups excluding carboxylic acids is 2. The number of hydrogen-bond donors (Lipinski definition) is 0. The van der Waals surface area contributed by atoms with Gasteiger partial charge in [-0.05, 0) is 37.5 Å². The fourth-order valence-electron chi connectivity index (χ4n) is 5.32. The van der Waals surface area contributed by atoms with Gasteiger partial charge in [0.15, 0.2) is 0 Å². The number of likely N-dealkylation sites (tertiary alicyclic amines) is 1. The van der Waals surface area contributed by atoms with E-state index in [0.717, 1.165) is 48.0 Å². The highest BCUT2D eigenvalue weighted by atomic mass is 16.2. The highest BCUT2D eigenvalue weighted by Gasteiger charge is 2.44. The van der Waals surface area contributed by atoms with Crippen LogP contribution in [0.4, 0.5) is 0 Å². The van der Waals surface area contributed by atoms with Crippen molar-refractivity contribution in [1.29, 1.82) is 0 Å². The quantitative estimate of drug-likeness (QED) is 0.632. The molecule has 2 aromatic carbocycles. The second-order valence-electron chi connectivity index (χ2n) is 8.83. The molecule has 3 heterocycles. The second-order valence-corrected chi connectivity index (χ2v) is 8.83. The molecule has 160 valence electrons. The molecule has 1 aromatic heterocycles. The van der Waals surface area contributed by atoms with E-state index in [4.69, 9.17) is 0 Å². The predicted octanol–water partition coefficient (Wildman–Crippen LogP) is 4.51. The summed E-state index contributed by atoms with van der Waals surface area (Å²) in [4.78, 5) is 30.9. The van der Waals surface area contributed by atoms with E-state index in [1.165, 1.54) is 12.8 Å². The molecule has 0 aliphatic carbocycles. The van der Waals surface area contributed by atoms with Crippen LogP contribution in [0.25, 0.3) is 10.9 Å². The van der Waals surface area contributed by atoms with Gasteiger partial charge in [0.05, 0.1) is 6.04 Å². The second kappa shape index (κ2) is 7.88. The molecule has 5 rings (SSSR count). The number of amides is 2. The van der Waals surface area contributed by atoms with Gasteiger partial charge in [0.25, 0.3) is 5.91 Å². The Labute approximate surface area is 183 Å². The van der Waals surface area contributed by atoms with Crippen molar-refractivity contribution in [3.63, 3.8) is 0 Å². The summed E-state index contributed by atoms with van der Waals surface area (Å²) in [6.07, 6.45) is 6.54. The first-order valence-corrected chi connectivity index (χ1v) is 11.3. The zero-order valence-corrected chi connectivity index (χ0v) is 18.3. The molecule has 5 heteroatoms. The van der Waals surface area contributed by atoms with Crippen LogP contribution in [0.1, 0.15) is 60.1 Å². The summed E-state index contributed by atoms with van der Waals surface area (Å²) in [6, 6.07) is 15.3. The number of carbonyl (C=O) groups is 2. The number of aryl methyl sites for hydroxylation is 1. The number of rotatable bonds is 3. The molecule has 2 aliphatic rings. The van der Waals surface area contributed by atoms with Gasteiger partial charge >= 0.3 is 0 Å². The molecule has 2 aliphatic heterocycles. The highest BCUT2D eigenvalue weighted by molar-refractivity contribution is 6.03. The number of aromatic nitrogens is 1. The van der Waals surface area contributed by atoms with Crippen molar-refractivity contribution in [2.45, 2.75) is 44.7 Å². The first-order chi connectivity index (χ1) is 15.1. The minimum atomic E-state index is -0.512. The Morgan fingerprint density at radius 1 is 0.935 bits per heavy atom. The Bertz CT molecular complexity index is 1140. The summed E-state index contributed by atoms with van der Waals surface area (Å²) in [7, 11) is 2.03. The molecule has 1 saturated heterocycles. The predicted molar refractivity (Wildman–Crippen MR) is 122 cm³/mol. The van der Waals surface area contributed by atoms with Crippen molar-refractivity contribution in [1.82, 2.24) is 14.4 Å². The number of nitrogens with zero attached hydrogens (tertiary/aromatic N) is 3. The van der Waals surface area contributed by atoms with Gasteiger partial charge in [-0.1, -0.05) is 49.2 Å². The van der Waals surface area contributed by atoms with Gasteiger partial charge in [0, 0.05) is 48.4 Å². The Kier molecular flexibility index (Phi) is 5.05. The molecule has 2 amide bonds. The molecule has 0 bridgehead atoms. The first-order valence-electron chi connectivity index (χ1n) is 11.3. The Hall–Kier alpha value is -3.08. The van der Waals surface area contributed by atoms with E-state index in [1.807, 2.05) is 60.2 Å². The topological polar surface area (TPSA) is 45.6 Å². The Morgan fingerprint density at radius 2 is 1.61 bits per heavy atom. The average molecular weight is 416 g/mol. The van der Waals surface area contributed by atoms with E-state index in [1.54, 1.807) is 0 Å². The van der Waals surface area contributed by atoms with Crippen LogP contribution < -0.4 is 0 Å². The zero-order chi connectivity index (χ0) is 21.5. The molecule has 0 spiro atoms. The van der Waals surface area contributed by atoms with E-state index >= 15 is 0 Å². The molecule has 1 fully saturated rings. The molecular formula is C26H29N3O2. The third-order valence-corrected chi connectivity index (χ3v) is 6.91. The molecule has 5 nitrogen and oxygen atoms in total. The molecular weight excluding hydrogens is 386 g/mol. The van der Waals surface area contributed by atoms with Crippen molar-refractivity contribution < 1.29 is 9.59 Å². The molecule has 0 saturated carbocycles. The van der Waals surface area contributed by atoms with E-state index < -0.39 is 6.04 Å².